The minimum absolute atomic E-state index is 0.393. The number of hydrogen-bond acceptors (Lipinski definition) is 3. The Bertz CT molecular complexity index is 352. The maximum Gasteiger partial charge on any atom is 0.122 e. The summed E-state index contributed by atoms with van der Waals surface area (Å²) in [5.41, 5.74) is 7.64. The van der Waals surface area contributed by atoms with Crippen molar-refractivity contribution < 1.29 is 9.84 Å². The van der Waals surface area contributed by atoms with Crippen LogP contribution in [-0.4, -0.2) is 18.3 Å². The van der Waals surface area contributed by atoms with Gasteiger partial charge in [-0.2, -0.15) is 0 Å². The molecule has 0 spiro atoms. The molecule has 0 aliphatic carbocycles. The molecule has 2 rings (SSSR count). The molecule has 16 heavy (non-hydrogen) atoms. The van der Waals surface area contributed by atoms with E-state index >= 15 is 0 Å². The van der Waals surface area contributed by atoms with Gasteiger partial charge < -0.3 is 15.6 Å². The van der Waals surface area contributed by atoms with Gasteiger partial charge in [-0.15, -0.1) is 0 Å². The van der Waals surface area contributed by atoms with Gasteiger partial charge in [-0.3, -0.25) is 0 Å². The van der Waals surface area contributed by atoms with Gasteiger partial charge in [-0.05, 0) is 55.5 Å². The fourth-order valence-corrected chi connectivity index (χ4v) is 2.07. The number of ether oxygens (including phenoxy) is 1. The lowest BCUT2D eigenvalue weighted by molar-refractivity contribution is 0.165. The van der Waals surface area contributed by atoms with E-state index in [9.17, 15) is 5.11 Å². The lowest BCUT2D eigenvalue weighted by atomic mass is 9.98. The third-order valence-electron chi connectivity index (χ3n) is 3.00. The van der Waals surface area contributed by atoms with Crippen molar-refractivity contribution in [1.29, 1.82) is 0 Å². The summed E-state index contributed by atoms with van der Waals surface area (Å²) < 4.78 is 5.54. The van der Waals surface area contributed by atoms with Gasteiger partial charge in [0.2, 0.25) is 0 Å². The third kappa shape index (κ3) is 2.54. The molecule has 1 atom stereocenters. The summed E-state index contributed by atoms with van der Waals surface area (Å²) in [6.07, 6.45) is 3.31. The summed E-state index contributed by atoms with van der Waals surface area (Å²) in [6.45, 7) is 1.44. The van der Waals surface area contributed by atoms with E-state index in [4.69, 9.17) is 10.5 Å². The van der Waals surface area contributed by atoms with Crippen molar-refractivity contribution in [2.24, 2.45) is 5.73 Å². The highest BCUT2D eigenvalue weighted by atomic mass is 16.5. The van der Waals surface area contributed by atoms with Gasteiger partial charge in [0.1, 0.15) is 5.75 Å². The highest BCUT2D eigenvalue weighted by molar-refractivity contribution is 5.39. The highest BCUT2D eigenvalue weighted by Crippen LogP contribution is 2.28. The monoisotopic (exact) mass is 221 g/mol. The average molecular weight is 221 g/mol. The number of benzene rings is 1. The van der Waals surface area contributed by atoms with Crippen LogP contribution in [0, 0.1) is 0 Å². The molecular formula is C13H19NO2. The maximum absolute atomic E-state index is 9.96. The van der Waals surface area contributed by atoms with Crippen molar-refractivity contribution in [2.75, 3.05) is 13.2 Å². The van der Waals surface area contributed by atoms with Gasteiger partial charge in [0.25, 0.3) is 0 Å². The van der Waals surface area contributed by atoms with Crippen LogP contribution in [0.5, 0.6) is 5.75 Å². The van der Waals surface area contributed by atoms with E-state index in [1.165, 1.54) is 5.56 Å². The standard InChI is InChI=1S/C13H19NO2/c14-7-1-4-12(15)10-5-6-13-11(9-10)3-2-8-16-13/h5-6,9,12,15H,1-4,7-8,14H2. The van der Waals surface area contributed by atoms with E-state index in [2.05, 4.69) is 6.07 Å². The molecule has 1 aromatic rings. The van der Waals surface area contributed by atoms with Gasteiger partial charge in [0.05, 0.1) is 12.7 Å². The van der Waals surface area contributed by atoms with Crippen LogP contribution < -0.4 is 10.5 Å². The maximum atomic E-state index is 9.96. The second kappa shape index (κ2) is 5.32. The van der Waals surface area contributed by atoms with E-state index in [-0.39, 0.29) is 0 Å². The zero-order chi connectivity index (χ0) is 11.4. The molecule has 88 valence electrons. The Morgan fingerprint density at radius 1 is 1.44 bits per heavy atom. The van der Waals surface area contributed by atoms with Crippen molar-refractivity contribution in [3.63, 3.8) is 0 Å². The summed E-state index contributed by atoms with van der Waals surface area (Å²) in [5.74, 6) is 0.973. The van der Waals surface area contributed by atoms with Crippen molar-refractivity contribution in [1.82, 2.24) is 0 Å². The second-order valence-electron chi connectivity index (χ2n) is 4.27. The molecule has 0 saturated carbocycles. The van der Waals surface area contributed by atoms with Crippen molar-refractivity contribution in [3.8, 4) is 5.75 Å². The largest absolute Gasteiger partial charge is 0.493 e. The Morgan fingerprint density at radius 3 is 3.12 bits per heavy atom. The summed E-state index contributed by atoms with van der Waals surface area (Å²) in [7, 11) is 0. The molecule has 3 N–H and O–H groups in total. The van der Waals surface area contributed by atoms with E-state index in [0.29, 0.717) is 6.54 Å². The first kappa shape index (κ1) is 11.4. The van der Waals surface area contributed by atoms with E-state index < -0.39 is 6.10 Å². The molecule has 0 amide bonds. The minimum atomic E-state index is -0.393. The van der Waals surface area contributed by atoms with Gasteiger partial charge in [0, 0.05) is 0 Å². The molecule has 1 aliphatic rings. The number of fused-ring (bicyclic) bond motifs is 1. The Morgan fingerprint density at radius 2 is 2.31 bits per heavy atom. The summed E-state index contributed by atoms with van der Waals surface area (Å²) in [6, 6.07) is 5.98. The number of rotatable bonds is 4. The fourth-order valence-electron chi connectivity index (χ4n) is 2.07. The molecule has 1 heterocycles. The van der Waals surface area contributed by atoms with Crippen LogP contribution in [0.3, 0.4) is 0 Å². The van der Waals surface area contributed by atoms with E-state index in [0.717, 1.165) is 43.6 Å². The molecular weight excluding hydrogens is 202 g/mol. The first-order valence-corrected chi connectivity index (χ1v) is 5.95. The quantitative estimate of drug-likeness (QED) is 0.815. The number of hydrogen-bond donors (Lipinski definition) is 2. The lowest BCUT2D eigenvalue weighted by Gasteiger charge is -2.19. The smallest absolute Gasteiger partial charge is 0.122 e. The summed E-state index contributed by atoms with van der Waals surface area (Å²) in [5, 5.41) is 9.96. The Hall–Kier alpha value is -1.06. The van der Waals surface area contributed by atoms with Gasteiger partial charge in [-0.25, -0.2) is 0 Å². The van der Waals surface area contributed by atoms with Crippen LogP contribution in [0.25, 0.3) is 0 Å². The normalized spacial score (nSPS) is 16.4. The second-order valence-corrected chi connectivity index (χ2v) is 4.27. The van der Waals surface area contributed by atoms with Crippen molar-refractivity contribution in [2.45, 2.75) is 31.8 Å². The van der Waals surface area contributed by atoms with Crippen LogP contribution in [0.15, 0.2) is 18.2 Å². The minimum Gasteiger partial charge on any atom is -0.493 e. The first-order valence-electron chi connectivity index (χ1n) is 5.95. The van der Waals surface area contributed by atoms with Crippen LogP contribution in [0.1, 0.15) is 36.5 Å². The molecule has 0 fully saturated rings. The Labute approximate surface area is 96.2 Å². The average Bonchev–Trinajstić information content (AvgIpc) is 2.35. The molecule has 1 aromatic carbocycles. The molecule has 0 saturated heterocycles. The molecule has 3 nitrogen and oxygen atoms in total. The third-order valence-corrected chi connectivity index (χ3v) is 3.00. The van der Waals surface area contributed by atoms with Gasteiger partial charge in [-0.1, -0.05) is 6.07 Å². The Balaban J connectivity index is 2.10. The summed E-state index contributed by atoms with van der Waals surface area (Å²) >= 11 is 0. The van der Waals surface area contributed by atoms with E-state index in [1.54, 1.807) is 0 Å². The van der Waals surface area contributed by atoms with Crippen LogP contribution in [-0.2, 0) is 6.42 Å². The SMILES string of the molecule is NCCCC(O)c1ccc2c(c1)CCCO2. The number of aliphatic hydroxyl groups is 1. The topological polar surface area (TPSA) is 55.5 Å². The number of nitrogens with two attached hydrogens (primary N) is 1. The van der Waals surface area contributed by atoms with Gasteiger partial charge >= 0.3 is 0 Å². The molecule has 0 bridgehead atoms. The fraction of sp³-hybridized carbons (Fsp3) is 0.538. The Kier molecular flexibility index (Phi) is 3.80. The molecule has 3 heteroatoms. The molecule has 0 aromatic heterocycles. The first-order chi connectivity index (χ1) is 7.81. The van der Waals surface area contributed by atoms with Crippen LogP contribution >= 0.6 is 0 Å². The zero-order valence-corrected chi connectivity index (χ0v) is 9.48. The van der Waals surface area contributed by atoms with Crippen molar-refractivity contribution >= 4 is 0 Å². The molecule has 1 unspecified atom stereocenters. The molecule has 1 aliphatic heterocycles. The lowest BCUT2D eigenvalue weighted by Crippen LogP contribution is -2.10. The zero-order valence-electron chi connectivity index (χ0n) is 9.48. The van der Waals surface area contributed by atoms with Gasteiger partial charge in [0.15, 0.2) is 0 Å². The predicted molar refractivity (Wildman–Crippen MR) is 63.5 cm³/mol. The number of aryl methyl sites for hydroxylation is 1. The highest BCUT2D eigenvalue weighted by Gasteiger charge is 2.13. The van der Waals surface area contributed by atoms with Crippen LogP contribution in [0.2, 0.25) is 0 Å². The predicted octanol–water partition coefficient (Wildman–Crippen LogP) is 1.78. The summed E-state index contributed by atoms with van der Waals surface area (Å²) in [4.78, 5) is 0. The number of aliphatic hydroxyl groups excluding tert-OH is 1. The van der Waals surface area contributed by atoms with E-state index in [1.807, 2.05) is 12.1 Å². The molecule has 0 radical (unpaired) electrons. The van der Waals surface area contributed by atoms with Crippen LogP contribution in [0.4, 0.5) is 0 Å². The van der Waals surface area contributed by atoms with Crippen molar-refractivity contribution in [3.05, 3.63) is 29.3 Å².